The standard InChI is InChI=1S/C36H60O30.CH4N2O/c37-1-7-25-13(43)19(49)31(55-7)62-26-8(2-38)57-33(21(51)15(26)45)64-28-10(4-40)59-35(23(53)17(28)47)66-30-12(6-42)60-36(24(54)18(30)48)65-29-11(5-41)58-34(22(52)16(29)46)63-27-9(3-39)56-32(61-25)20(50)14(27)44;2-1(3)4/h7-54H,1-6H2;(H4,2,3,4)/t7-,8-,9-,10-,11-,12-,13?,14?,15?,16?,17?,18?,19?,20?,21?,22?,23?,24?,25-,26-,27-,28-,29-,30?,31-,32-,33-,34-,35?,36-;/m1./s1. The molecule has 22 fully saturated rings. The molecule has 0 saturated carbocycles. The molecule has 12 bridgehead atoms. The van der Waals surface area contributed by atoms with E-state index in [-0.39, 0.29) is 0 Å². The number of ether oxygens (including phenoxy) is 12. The summed E-state index contributed by atoms with van der Waals surface area (Å²) in [4.78, 5) is 9.00. The maximum atomic E-state index is 11.2. The Balaban J connectivity index is 0.00000193. The highest BCUT2D eigenvalue weighted by molar-refractivity contribution is 5.69. The molecule has 2 amide bonds. The van der Waals surface area contributed by atoms with Crippen LogP contribution < -0.4 is 11.5 Å². The number of amides is 2. The van der Waals surface area contributed by atoms with E-state index in [2.05, 4.69) is 11.5 Å². The van der Waals surface area contributed by atoms with E-state index in [9.17, 15) is 91.9 Å². The topological polar surface area (TPSA) is 544 Å². The minimum atomic E-state index is -2.15. The van der Waals surface area contributed by atoms with Gasteiger partial charge in [-0.2, -0.15) is 0 Å². The Morgan fingerprint density at radius 1 is 0.257 bits per heavy atom. The summed E-state index contributed by atoms with van der Waals surface area (Å²) in [5.74, 6) is 0. The van der Waals surface area contributed by atoms with Crippen molar-refractivity contribution in [1.82, 2.24) is 0 Å². The molecular weight excluding hydrogens is 968 g/mol. The number of nitrogens with two attached hydrogens (primary N) is 2. The first-order valence-electron chi connectivity index (χ1n) is 21.9. The van der Waals surface area contributed by atoms with Crippen LogP contribution in [0.3, 0.4) is 0 Å². The van der Waals surface area contributed by atoms with Crippen molar-refractivity contribution < 1.29 is 154 Å². The zero-order valence-electron chi connectivity index (χ0n) is 36.6. The van der Waals surface area contributed by atoms with E-state index in [4.69, 9.17) is 61.6 Å². The molecule has 30 atom stereocenters. The summed E-state index contributed by atoms with van der Waals surface area (Å²) < 4.78 is 67.9. The number of aliphatic hydroxyl groups excluding tert-OH is 18. The van der Waals surface area contributed by atoms with Crippen molar-refractivity contribution in [3.63, 3.8) is 0 Å². The zero-order chi connectivity index (χ0) is 51.6. The molecule has 0 aromatic carbocycles. The van der Waals surface area contributed by atoms with Crippen molar-refractivity contribution in [2.75, 3.05) is 39.6 Å². The lowest BCUT2D eigenvalue weighted by molar-refractivity contribution is -0.404. The maximum absolute atomic E-state index is 11.2. The van der Waals surface area contributed by atoms with Gasteiger partial charge in [0.05, 0.1) is 39.6 Å². The fraction of sp³-hybridized carbons (Fsp3) is 0.973. The Bertz CT molecular complexity index is 1340. The van der Waals surface area contributed by atoms with E-state index >= 15 is 0 Å². The second kappa shape index (κ2) is 24.6. The lowest BCUT2D eigenvalue weighted by atomic mass is 9.94. The first-order chi connectivity index (χ1) is 33.2. The molecule has 408 valence electrons. The minimum absolute atomic E-state index is 0.833. The third kappa shape index (κ3) is 11.8. The lowest BCUT2D eigenvalue weighted by Gasteiger charge is -2.50. The van der Waals surface area contributed by atoms with Gasteiger partial charge in [-0.25, -0.2) is 4.79 Å². The van der Waals surface area contributed by atoms with Crippen LogP contribution in [0.15, 0.2) is 0 Å². The molecule has 33 heteroatoms. The number of primary amides is 2. The third-order valence-electron chi connectivity index (χ3n) is 12.7. The van der Waals surface area contributed by atoms with E-state index < -0.39 is 230 Å². The first-order valence-corrected chi connectivity index (χ1v) is 21.9. The molecule has 14 unspecified atom stereocenters. The first kappa shape index (κ1) is 57.4. The van der Waals surface area contributed by atoms with Gasteiger partial charge >= 0.3 is 6.03 Å². The van der Waals surface area contributed by atoms with Crippen LogP contribution in [0.2, 0.25) is 0 Å². The van der Waals surface area contributed by atoms with Crippen LogP contribution in [-0.4, -0.2) is 322 Å². The van der Waals surface area contributed by atoms with Gasteiger partial charge in [-0.3, -0.25) is 0 Å². The second-order valence-electron chi connectivity index (χ2n) is 17.2. The van der Waals surface area contributed by atoms with Gasteiger partial charge in [0, 0.05) is 0 Å². The Morgan fingerprint density at radius 2 is 0.371 bits per heavy atom. The van der Waals surface area contributed by atoms with Crippen molar-refractivity contribution in [2.24, 2.45) is 11.5 Å². The van der Waals surface area contributed by atoms with Gasteiger partial charge < -0.3 is 160 Å². The van der Waals surface area contributed by atoms with Gasteiger partial charge in [0.1, 0.15) is 146 Å². The molecule has 22 aliphatic rings. The summed E-state index contributed by atoms with van der Waals surface area (Å²) in [6, 6.07) is -0.833. The van der Waals surface area contributed by atoms with E-state index in [0.717, 1.165) is 0 Å². The zero-order valence-corrected chi connectivity index (χ0v) is 36.6. The van der Waals surface area contributed by atoms with Crippen LogP contribution in [0, 0.1) is 0 Å². The molecule has 33 nitrogen and oxygen atoms in total. The predicted octanol–water partition coefficient (Wildman–Crippen LogP) is -14.0. The molecule has 0 radical (unpaired) electrons. The highest BCUT2D eigenvalue weighted by Gasteiger charge is 2.58. The molecule has 22 aliphatic heterocycles. The molecule has 22 heterocycles. The van der Waals surface area contributed by atoms with Crippen LogP contribution in [0.5, 0.6) is 0 Å². The van der Waals surface area contributed by atoms with Crippen molar-refractivity contribution in [3.8, 4) is 0 Å². The summed E-state index contributed by atoms with van der Waals surface area (Å²) >= 11 is 0. The van der Waals surface area contributed by atoms with Crippen LogP contribution in [0.1, 0.15) is 0 Å². The van der Waals surface area contributed by atoms with Crippen LogP contribution in [0.25, 0.3) is 0 Å². The second-order valence-corrected chi connectivity index (χ2v) is 17.2. The summed E-state index contributed by atoms with van der Waals surface area (Å²) in [6.07, 6.45) is -58.5. The fourth-order valence-corrected chi connectivity index (χ4v) is 8.93. The summed E-state index contributed by atoms with van der Waals surface area (Å²) in [7, 11) is 0. The van der Waals surface area contributed by atoms with Gasteiger partial charge in [-0.05, 0) is 0 Å². The largest absolute Gasteiger partial charge is 0.394 e. The fourth-order valence-electron chi connectivity index (χ4n) is 8.93. The van der Waals surface area contributed by atoms with Gasteiger partial charge in [-0.1, -0.05) is 0 Å². The summed E-state index contributed by atoms with van der Waals surface area (Å²) in [6.45, 7) is -5.99. The van der Waals surface area contributed by atoms with Crippen molar-refractivity contribution >= 4 is 6.03 Å². The average molecular weight is 1030 g/mol. The Labute approximate surface area is 394 Å². The number of rotatable bonds is 6. The molecule has 0 aromatic rings. The number of carbonyl (C=O) groups excluding carboxylic acids is 1. The Kier molecular flexibility index (Phi) is 20.2. The van der Waals surface area contributed by atoms with Crippen molar-refractivity contribution in [2.45, 2.75) is 184 Å². The van der Waals surface area contributed by atoms with Gasteiger partial charge in [0.15, 0.2) is 37.7 Å². The van der Waals surface area contributed by atoms with Gasteiger partial charge in [-0.15, -0.1) is 0 Å². The maximum Gasteiger partial charge on any atom is 0.309 e. The van der Waals surface area contributed by atoms with E-state index in [1.807, 2.05) is 0 Å². The van der Waals surface area contributed by atoms with Crippen molar-refractivity contribution in [3.05, 3.63) is 0 Å². The van der Waals surface area contributed by atoms with Crippen LogP contribution in [0.4, 0.5) is 4.79 Å². The number of hydrogen-bond acceptors (Lipinski definition) is 31. The number of hydrogen-bond donors (Lipinski definition) is 20. The SMILES string of the molecule is NC(N)=O.OC[C@H]1O[C@@H]2O[C@H]3C(O)C(O)[C@H](O[C@@H]3CO)O[C@H]3C(O)C(O)[C@H](O[C@@H]3CO)O[C@H]3C(O)C(O)[C@H](O[C@@H]3CO)O[C@H]3C(O)C(O)[C@H](O[C@@H]3CO)O[C@H]3C(O)C(O)C(OC1C(O)C2O)O[C@@H]3CO. The van der Waals surface area contributed by atoms with E-state index in [1.54, 1.807) is 0 Å². The number of carbonyl (C=O) groups is 1. The Morgan fingerprint density at radius 3 is 0.471 bits per heavy atom. The van der Waals surface area contributed by atoms with E-state index in [0.29, 0.717) is 0 Å². The van der Waals surface area contributed by atoms with Crippen molar-refractivity contribution in [1.29, 1.82) is 0 Å². The average Bonchev–Trinajstić information content (AvgIpc) is 3.33. The molecule has 22 rings (SSSR count). The molecule has 22 N–H and O–H groups in total. The monoisotopic (exact) mass is 1030 g/mol. The Hall–Kier alpha value is -1.93. The predicted molar refractivity (Wildman–Crippen MR) is 210 cm³/mol. The number of aliphatic hydroxyl groups is 18. The molecule has 22 saturated heterocycles. The normalized spacial score (nSPS) is 52.5. The molecule has 70 heavy (non-hydrogen) atoms. The van der Waals surface area contributed by atoms with Gasteiger partial charge in [0.25, 0.3) is 0 Å². The summed E-state index contributed by atoms with van der Waals surface area (Å²) in [5, 5.41) is 196. The quantitative estimate of drug-likeness (QED) is 0.117. The third-order valence-corrected chi connectivity index (χ3v) is 12.7. The van der Waals surface area contributed by atoms with Crippen LogP contribution in [-0.2, 0) is 56.8 Å². The van der Waals surface area contributed by atoms with Crippen LogP contribution >= 0.6 is 0 Å². The molecule has 0 aliphatic carbocycles. The highest BCUT2D eigenvalue weighted by Crippen LogP contribution is 2.38. The molecule has 0 spiro atoms. The smallest absolute Gasteiger partial charge is 0.309 e. The highest BCUT2D eigenvalue weighted by atomic mass is 16.8. The van der Waals surface area contributed by atoms with Gasteiger partial charge in [0.2, 0.25) is 0 Å². The molecular formula is C37H64N2O31. The molecule has 0 aromatic heterocycles. The van der Waals surface area contributed by atoms with E-state index in [1.165, 1.54) is 0 Å². The minimum Gasteiger partial charge on any atom is -0.394 e. The lowest BCUT2D eigenvalue weighted by Crippen LogP contribution is -2.69. The number of urea groups is 1. The summed E-state index contributed by atoms with van der Waals surface area (Å²) in [5.41, 5.74) is 8.50.